The number of halogens is 1. The van der Waals surface area contributed by atoms with E-state index >= 15 is 0 Å². The summed E-state index contributed by atoms with van der Waals surface area (Å²) in [7, 11) is 0. The molecule has 1 aromatic rings. The predicted octanol–water partition coefficient (Wildman–Crippen LogP) is 1.17. The molecule has 2 rings (SSSR count). The van der Waals surface area contributed by atoms with Crippen molar-refractivity contribution in [1.82, 2.24) is 10.6 Å². The van der Waals surface area contributed by atoms with Gasteiger partial charge in [-0.1, -0.05) is 29.8 Å². The average Bonchev–Trinajstić information content (AvgIpc) is 2.55. The van der Waals surface area contributed by atoms with Crippen molar-refractivity contribution >= 4 is 23.4 Å². The molecule has 0 unspecified atom stereocenters. The van der Waals surface area contributed by atoms with E-state index in [0.717, 1.165) is 12.8 Å². The number of amides is 2. The van der Waals surface area contributed by atoms with Crippen molar-refractivity contribution in [3.05, 3.63) is 34.9 Å². The van der Waals surface area contributed by atoms with E-state index in [1.165, 1.54) is 0 Å². The number of rotatable bonds is 7. The summed E-state index contributed by atoms with van der Waals surface area (Å²) in [6, 6.07) is 6.45. The SMILES string of the molecule is O=C1CO[C@H](C(=O)NCCCCCO)[C@@H](c2ccccc2Cl)N1. The van der Waals surface area contributed by atoms with E-state index in [2.05, 4.69) is 10.6 Å². The number of nitrogens with one attached hydrogen (secondary N) is 2. The Balaban J connectivity index is 2.01. The van der Waals surface area contributed by atoms with Gasteiger partial charge in [0.15, 0.2) is 6.10 Å². The van der Waals surface area contributed by atoms with Crippen LogP contribution < -0.4 is 10.6 Å². The van der Waals surface area contributed by atoms with Gasteiger partial charge in [0.05, 0.1) is 6.04 Å². The van der Waals surface area contributed by atoms with Gasteiger partial charge >= 0.3 is 0 Å². The van der Waals surface area contributed by atoms with Gasteiger partial charge in [-0.2, -0.15) is 0 Å². The second kappa shape index (κ2) is 8.86. The normalized spacial score (nSPS) is 20.9. The summed E-state index contributed by atoms with van der Waals surface area (Å²) in [6.45, 7) is 0.506. The molecule has 0 aliphatic carbocycles. The summed E-state index contributed by atoms with van der Waals surface area (Å²) in [6.07, 6.45) is 1.52. The van der Waals surface area contributed by atoms with Crippen molar-refractivity contribution in [1.29, 1.82) is 0 Å². The lowest BCUT2D eigenvalue weighted by atomic mass is 9.99. The Bertz CT molecular complexity index is 553. The third kappa shape index (κ3) is 4.92. The quantitative estimate of drug-likeness (QED) is 0.650. The molecule has 1 fully saturated rings. The summed E-state index contributed by atoms with van der Waals surface area (Å²) in [4.78, 5) is 24.0. The summed E-state index contributed by atoms with van der Waals surface area (Å²) >= 11 is 6.17. The van der Waals surface area contributed by atoms with Crippen LogP contribution in [0.2, 0.25) is 5.02 Å². The second-order valence-corrected chi connectivity index (χ2v) is 5.78. The zero-order chi connectivity index (χ0) is 16.7. The van der Waals surface area contributed by atoms with Crippen LogP contribution in [0.4, 0.5) is 0 Å². The van der Waals surface area contributed by atoms with Gasteiger partial charge in [-0.15, -0.1) is 0 Å². The number of unbranched alkanes of at least 4 members (excludes halogenated alkanes) is 2. The Morgan fingerprint density at radius 2 is 2.13 bits per heavy atom. The first kappa shape index (κ1) is 17.7. The number of aliphatic hydroxyl groups is 1. The molecule has 23 heavy (non-hydrogen) atoms. The largest absolute Gasteiger partial charge is 0.396 e. The molecule has 1 heterocycles. The summed E-state index contributed by atoms with van der Waals surface area (Å²) in [5, 5.41) is 14.8. The van der Waals surface area contributed by atoms with Crippen LogP contribution in [0.25, 0.3) is 0 Å². The Hall–Kier alpha value is -1.63. The molecular formula is C16H21ClN2O4. The number of carbonyl (C=O) groups is 2. The van der Waals surface area contributed by atoms with E-state index in [1.807, 2.05) is 0 Å². The van der Waals surface area contributed by atoms with Crippen LogP contribution in [-0.2, 0) is 14.3 Å². The molecule has 1 aromatic carbocycles. The fourth-order valence-electron chi connectivity index (χ4n) is 2.47. The molecule has 0 bridgehead atoms. The van der Waals surface area contributed by atoms with E-state index in [4.69, 9.17) is 21.4 Å². The number of hydrogen-bond donors (Lipinski definition) is 3. The van der Waals surface area contributed by atoms with Crippen LogP contribution in [0, 0.1) is 0 Å². The molecule has 1 aliphatic rings. The molecule has 0 radical (unpaired) electrons. The van der Waals surface area contributed by atoms with Crippen molar-refractivity contribution in [2.45, 2.75) is 31.4 Å². The van der Waals surface area contributed by atoms with Crippen molar-refractivity contribution in [3.63, 3.8) is 0 Å². The molecule has 2 amide bonds. The number of aliphatic hydroxyl groups excluding tert-OH is 1. The summed E-state index contributed by atoms with van der Waals surface area (Å²) in [5.41, 5.74) is 0.655. The minimum atomic E-state index is -0.814. The Labute approximate surface area is 140 Å². The van der Waals surface area contributed by atoms with Crippen LogP contribution in [0.15, 0.2) is 24.3 Å². The number of benzene rings is 1. The average molecular weight is 341 g/mol. The van der Waals surface area contributed by atoms with E-state index in [0.29, 0.717) is 23.6 Å². The maximum absolute atomic E-state index is 12.4. The number of carbonyl (C=O) groups excluding carboxylic acids is 2. The third-order valence-electron chi connectivity index (χ3n) is 3.65. The van der Waals surface area contributed by atoms with Crippen molar-refractivity contribution < 1.29 is 19.4 Å². The zero-order valence-electron chi connectivity index (χ0n) is 12.8. The second-order valence-electron chi connectivity index (χ2n) is 5.37. The molecule has 1 saturated heterocycles. The Kier molecular flexibility index (Phi) is 6.83. The zero-order valence-corrected chi connectivity index (χ0v) is 13.5. The molecular weight excluding hydrogens is 320 g/mol. The van der Waals surface area contributed by atoms with E-state index in [9.17, 15) is 9.59 Å². The van der Waals surface area contributed by atoms with Gasteiger partial charge in [-0.25, -0.2) is 0 Å². The third-order valence-corrected chi connectivity index (χ3v) is 3.99. The number of hydrogen-bond acceptors (Lipinski definition) is 4. The lowest BCUT2D eigenvalue weighted by molar-refractivity contribution is -0.148. The smallest absolute Gasteiger partial charge is 0.251 e. The topological polar surface area (TPSA) is 87.7 Å². The fraction of sp³-hybridized carbons (Fsp3) is 0.500. The predicted molar refractivity (Wildman–Crippen MR) is 86.0 cm³/mol. The standard InChI is InChI=1S/C16H21ClN2O4/c17-12-7-3-2-6-11(12)14-15(23-10-13(21)19-14)16(22)18-8-4-1-5-9-20/h2-3,6-7,14-15,20H,1,4-5,8-10H2,(H,18,22)(H,19,21)/t14-,15+/m1/s1. The molecule has 6 nitrogen and oxygen atoms in total. The molecule has 7 heteroatoms. The van der Waals surface area contributed by atoms with Crippen molar-refractivity contribution in [2.24, 2.45) is 0 Å². The fourth-order valence-corrected chi connectivity index (χ4v) is 2.73. The lowest BCUT2D eigenvalue weighted by Crippen LogP contribution is -2.52. The van der Waals surface area contributed by atoms with Gasteiger partial charge in [-0.3, -0.25) is 9.59 Å². The highest BCUT2D eigenvalue weighted by Gasteiger charge is 2.36. The van der Waals surface area contributed by atoms with Gasteiger partial charge in [0.25, 0.3) is 5.91 Å². The molecule has 3 N–H and O–H groups in total. The van der Waals surface area contributed by atoms with Crippen LogP contribution in [-0.4, -0.2) is 42.8 Å². The van der Waals surface area contributed by atoms with E-state index in [1.54, 1.807) is 24.3 Å². The van der Waals surface area contributed by atoms with Crippen molar-refractivity contribution in [2.75, 3.05) is 19.8 Å². The first-order valence-electron chi connectivity index (χ1n) is 7.67. The lowest BCUT2D eigenvalue weighted by Gasteiger charge is -2.32. The minimum absolute atomic E-state index is 0.149. The Morgan fingerprint density at radius 1 is 1.35 bits per heavy atom. The van der Waals surface area contributed by atoms with E-state index in [-0.39, 0.29) is 25.0 Å². The minimum Gasteiger partial charge on any atom is -0.396 e. The van der Waals surface area contributed by atoms with Crippen LogP contribution in [0.3, 0.4) is 0 Å². The highest BCUT2D eigenvalue weighted by atomic mass is 35.5. The summed E-state index contributed by atoms with van der Waals surface area (Å²) < 4.78 is 5.43. The highest BCUT2D eigenvalue weighted by Crippen LogP contribution is 2.28. The number of morpholine rings is 1. The van der Waals surface area contributed by atoms with Crippen LogP contribution in [0.5, 0.6) is 0 Å². The van der Waals surface area contributed by atoms with Gasteiger partial charge in [0.1, 0.15) is 6.61 Å². The van der Waals surface area contributed by atoms with Gasteiger partial charge in [-0.05, 0) is 30.9 Å². The molecule has 0 aromatic heterocycles. The summed E-state index contributed by atoms with van der Waals surface area (Å²) in [5.74, 6) is -0.555. The first-order chi connectivity index (χ1) is 11.1. The van der Waals surface area contributed by atoms with Gasteiger partial charge in [0, 0.05) is 18.2 Å². The monoisotopic (exact) mass is 340 g/mol. The van der Waals surface area contributed by atoms with Crippen LogP contribution >= 0.6 is 11.6 Å². The van der Waals surface area contributed by atoms with Crippen LogP contribution in [0.1, 0.15) is 30.9 Å². The first-order valence-corrected chi connectivity index (χ1v) is 8.05. The molecule has 0 saturated carbocycles. The maximum atomic E-state index is 12.4. The number of ether oxygens (including phenoxy) is 1. The highest BCUT2D eigenvalue weighted by molar-refractivity contribution is 6.31. The maximum Gasteiger partial charge on any atom is 0.251 e. The molecule has 126 valence electrons. The Morgan fingerprint density at radius 3 is 2.87 bits per heavy atom. The molecule has 2 atom stereocenters. The van der Waals surface area contributed by atoms with Crippen molar-refractivity contribution in [3.8, 4) is 0 Å². The van der Waals surface area contributed by atoms with Gasteiger partial charge < -0.3 is 20.5 Å². The van der Waals surface area contributed by atoms with E-state index < -0.39 is 12.1 Å². The molecule has 1 aliphatic heterocycles. The van der Waals surface area contributed by atoms with Gasteiger partial charge in [0.2, 0.25) is 5.91 Å². The molecule has 0 spiro atoms.